The van der Waals surface area contributed by atoms with Crippen LogP contribution in [-0.2, 0) is 17.9 Å². The molecule has 5 heteroatoms. The largest absolute Gasteiger partial charge is 0.352 e. The van der Waals surface area contributed by atoms with Gasteiger partial charge >= 0.3 is 0 Å². The van der Waals surface area contributed by atoms with Crippen molar-refractivity contribution in [2.24, 2.45) is 0 Å². The van der Waals surface area contributed by atoms with Crippen molar-refractivity contribution >= 4 is 5.91 Å². The Morgan fingerprint density at radius 2 is 2.50 bits per heavy atom. The molecule has 0 aliphatic heterocycles. The van der Waals surface area contributed by atoms with E-state index in [1.807, 2.05) is 17.8 Å². The Hall–Kier alpha value is -1.62. The van der Waals surface area contributed by atoms with Crippen LogP contribution < -0.4 is 10.6 Å². The van der Waals surface area contributed by atoms with Gasteiger partial charge in [0.2, 0.25) is 5.91 Å². The third-order valence-corrected chi connectivity index (χ3v) is 2.07. The van der Waals surface area contributed by atoms with Gasteiger partial charge in [0.05, 0.1) is 12.7 Å². The number of carbonyl (C=O) groups is 1. The molecular formula is C11H18N4O. The van der Waals surface area contributed by atoms with Crippen molar-refractivity contribution in [1.82, 2.24) is 20.4 Å². The maximum absolute atomic E-state index is 11.2. The maximum atomic E-state index is 11.2. The number of nitrogens with one attached hydrogen (secondary N) is 2. The van der Waals surface area contributed by atoms with Crippen LogP contribution in [0, 0.1) is 0 Å². The van der Waals surface area contributed by atoms with Crippen LogP contribution in [0.1, 0.15) is 12.5 Å². The summed E-state index contributed by atoms with van der Waals surface area (Å²) >= 11 is 0. The fourth-order valence-electron chi connectivity index (χ4n) is 1.24. The highest BCUT2D eigenvalue weighted by Crippen LogP contribution is 1.96. The molecule has 0 radical (unpaired) electrons. The first-order valence-electron chi connectivity index (χ1n) is 5.36. The van der Waals surface area contributed by atoms with Crippen molar-refractivity contribution in [3.63, 3.8) is 0 Å². The standard InChI is InChI=1S/C11H18N4O/c1-3-5-13-11(16)8-12-6-10-7-14-15(4-2)9-10/h3,7,9,12H,1,4-6,8H2,2H3,(H,13,16). The summed E-state index contributed by atoms with van der Waals surface area (Å²) in [6.45, 7) is 7.90. The van der Waals surface area contributed by atoms with E-state index in [0.29, 0.717) is 19.6 Å². The molecule has 0 bridgehead atoms. The normalized spacial score (nSPS) is 10.1. The summed E-state index contributed by atoms with van der Waals surface area (Å²) in [5.41, 5.74) is 1.08. The number of aryl methyl sites for hydroxylation is 1. The second kappa shape index (κ2) is 6.79. The lowest BCUT2D eigenvalue weighted by Gasteiger charge is -2.03. The van der Waals surface area contributed by atoms with Gasteiger partial charge in [-0.1, -0.05) is 6.08 Å². The molecule has 2 N–H and O–H groups in total. The van der Waals surface area contributed by atoms with Crippen molar-refractivity contribution in [1.29, 1.82) is 0 Å². The number of aromatic nitrogens is 2. The van der Waals surface area contributed by atoms with Crippen LogP contribution in [0.5, 0.6) is 0 Å². The Bertz CT molecular complexity index is 346. The molecular weight excluding hydrogens is 204 g/mol. The molecule has 88 valence electrons. The van der Waals surface area contributed by atoms with Crippen LogP contribution in [0.25, 0.3) is 0 Å². The fraction of sp³-hybridized carbons (Fsp3) is 0.455. The predicted octanol–water partition coefficient (Wildman–Crippen LogP) is 0.295. The summed E-state index contributed by atoms with van der Waals surface area (Å²) in [5.74, 6) is -0.0252. The van der Waals surface area contributed by atoms with Gasteiger partial charge in [0.15, 0.2) is 0 Å². The highest BCUT2D eigenvalue weighted by Gasteiger charge is 2.00. The lowest BCUT2D eigenvalue weighted by atomic mass is 10.3. The molecule has 0 aromatic carbocycles. The van der Waals surface area contributed by atoms with Crippen molar-refractivity contribution in [2.75, 3.05) is 13.1 Å². The average Bonchev–Trinajstić information content (AvgIpc) is 2.74. The zero-order valence-electron chi connectivity index (χ0n) is 9.57. The van der Waals surface area contributed by atoms with Gasteiger partial charge in [-0.2, -0.15) is 5.10 Å². The van der Waals surface area contributed by atoms with E-state index in [1.165, 1.54) is 0 Å². The fourth-order valence-corrected chi connectivity index (χ4v) is 1.24. The molecule has 0 saturated carbocycles. The number of rotatable bonds is 7. The molecule has 1 aromatic rings. The van der Waals surface area contributed by atoms with E-state index in [2.05, 4.69) is 22.3 Å². The smallest absolute Gasteiger partial charge is 0.234 e. The molecule has 0 aliphatic rings. The van der Waals surface area contributed by atoms with E-state index in [-0.39, 0.29) is 5.91 Å². The molecule has 1 amide bonds. The Kier molecular flexibility index (Phi) is 5.28. The topological polar surface area (TPSA) is 59.0 Å². The van der Waals surface area contributed by atoms with Gasteiger partial charge in [-0.05, 0) is 6.92 Å². The van der Waals surface area contributed by atoms with Gasteiger partial charge in [-0.3, -0.25) is 9.48 Å². The second-order valence-electron chi connectivity index (χ2n) is 3.40. The number of nitrogens with zero attached hydrogens (tertiary/aromatic N) is 2. The minimum absolute atomic E-state index is 0.0252. The molecule has 1 rings (SSSR count). The minimum Gasteiger partial charge on any atom is -0.352 e. The highest BCUT2D eigenvalue weighted by molar-refractivity contribution is 5.78. The van der Waals surface area contributed by atoms with E-state index in [0.717, 1.165) is 12.1 Å². The van der Waals surface area contributed by atoms with Gasteiger partial charge in [0, 0.05) is 31.4 Å². The summed E-state index contributed by atoms with van der Waals surface area (Å²) in [4.78, 5) is 11.2. The van der Waals surface area contributed by atoms with Gasteiger partial charge in [0.1, 0.15) is 0 Å². The number of hydrogen-bond donors (Lipinski definition) is 2. The summed E-state index contributed by atoms with van der Waals surface area (Å²) in [6, 6.07) is 0. The number of amides is 1. The maximum Gasteiger partial charge on any atom is 0.234 e. The van der Waals surface area contributed by atoms with Crippen LogP contribution in [0.4, 0.5) is 0 Å². The van der Waals surface area contributed by atoms with E-state index < -0.39 is 0 Å². The third-order valence-electron chi connectivity index (χ3n) is 2.07. The van der Waals surface area contributed by atoms with Gasteiger partial charge in [0.25, 0.3) is 0 Å². The zero-order valence-corrected chi connectivity index (χ0v) is 9.57. The summed E-state index contributed by atoms with van der Waals surface area (Å²) < 4.78 is 1.86. The number of hydrogen-bond acceptors (Lipinski definition) is 3. The van der Waals surface area contributed by atoms with Gasteiger partial charge < -0.3 is 10.6 Å². The van der Waals surface area contributed by atoms with E-state index in [4.69, 9.17) is 0 Å². The first-order valence-corrected chi connectivity index (χ1v) is 5.36. The lowest BCUT2D eigenvalue weighted by Crippen LogP contribution is -2.33. The minimum atomic E-state index is -0.0252. The van der Waals surface area contributed by atoms with Crippen molar-refractivity contribution in [2.45, 2.75) is 20.0 Å². The van der Waals surface area contributed by atoms with E-state index in [9.17, 15) is 4.79 Å². The summed E-state index contributed by atoms with van der Waals surface area (Å²) in [6.07, 6.45) is 5.43. The molecule has 0 unspecified atom stereocenters. The molecule has 5 nitrogen and oxygen atoms in total. The molecule has 16 heavy (non-hydrogen) atoms. The van der Waals surface area contributed by atoms with Crippen LogP contribution in [0.3, 0.4) is 0 Å². The average molecular weight is 222 g/mol. The Balaban J connectivity index is 2.19. The predicted molar refractivity (Wildman–Crippen MR) is 62.8 cm³/mol. The molecule has 1 heterocycles. The van der Waals surface area contributed by atoms with Crippen LogP contribution in [-0.4, -0.2) is 28.8 Å². The molecule has 0 aliphatic carbocycles. The SMILES string of the molecule is C=CCNC(=O)CNCc1cnn(CC)c1. The molecule has 0 spiro atoms. The van der Waals surface area contributed by atoms with Gasteiger partial charge in [-0.15, -0.1) is 6.58 Å². The van der Waals surface area contributed by atoms with Crippen molar-refractivity contribution < 1.29 is 4.79 Å². The Labute approximate surface area is 95.5 Å². The van der Waals surface area contributed by atoms with E-state index >= 15 is 0 Å². The Morgan fingerprint density at radius 3 is 3.12 bits per heavy atom. The summed E-state index contributed by atoms with van der Waals surface area (Å²) in [7, 11) is 0. The molecule has 0 fully saturated rings. The molecule has 1 aromatic heterocycles. The first-order chi connectivity index (χ1) is 7.76. The van der Waals surface area contributed by atoms with Crippen molar-refractivity contribution in [3.8, 4) is 0 Å². The third kappa shape index (κ3) is 4.27. The van der Waals surface area contributed by atoms with E-state index in [1.54, 1.807) is 12.3 Å². The zero-order chi connectivity index (χ0) is 11.8. The molecule has 0 saturated heterocycles. The quantitative estimate of drug-likeness (QED) is 0.652. The molecule has 0 atom stereocenters. The van der Waals surface area contributed by atoms with Crippen LogP contribution in [0.2, 0.25) is 0 Å². The highest BCUT2D eigenvalue weighted by atomic mass is 16.1. The Morgan fingerprint density at radius 1 is 1.69 bits per heavy atom. The summed E-state index contributed by atoms with van der Waals surface area (Å²) in [5, 5.41) is 9.89. The second-order valence-corrected chi connectivity index (χ2v) is 3.40. The van der Waals surface area contributed by atoms with Crippen LogP contribution >= 0.6 is 0 Å². The first kappa shape index (κ1) is 12.4. The van der Waals surface area contributed by atoms with Crippen LogP contribution in [0.15, 0.2) is 25.0 Å². The van der Waals surface area contributed by atoms with Crippen molar-refractivity contribution in [3.05, 3.63) is 30.6 Å². The monoisotopic (exact) mass is 222 g/mol. The number of carbonyl (C=O) groups excluding carboxylic acids is 1. The lowest BCUT2D eigenvalue weighted by molar-refractivity contribution is -0.120. The van der Waals surface area contributed by atoms with Gasteiger partial charge in [-0.25, -0.2) is 0 Å².